The molecule has 0 aliphatic heterocycles. The van der Waals surface area contributed by atoms with E-state index in [1.54, 1.807) is 0 Å². The van der Waals surface area contributed by atoms with Gasteiger partial charge in [-0.3, -0.25) is 0 Å². The van der Waals surface area contributed by atoms with E-state index in [2.05, 4.69) is 36.1 Å². The van der Waals surface area contributed by atoms with Gasteiger partial charge in [0.1, 0.15) is 6.29 Å². The predicted octanol–water partition coefficient (Wildman–Crippen LogP) is 4.05. The second-order valence-corrected chi connectivity index (χ2v) is 5.80. The lowest BCUT2D eigenvalue weighted by Crippen LogP contribution is -2.38. The Morgan fingerprint density at radius 1 is 1.21 bits per heavy atom. The van der Waals surface area contributed by atoms with Gasteiger partial charge in [-0.2, -0.15) is 0 Å². The molecule has 1 aromatic carbocycles. The highest BCUT2D eigenvalue weighted by molar-refractivity contribution is 5.62. The summed E-state index contributed by atoms with van der Waals surface area (Å²) in [4.78, 5) is 13.9. The van der Waals surface area contributed by atoms with Gasteiger partial charge in [0.05, 0.1) is 0 Å². The Balaban J connectivity index is 2.11. The molecular weight excluding hydrogens is 234 g/mol. The molecule has 1 aromatic rings. The lowest BCUT2D eigenvalue weighted by Gasteiger charge is -2.33. The number of para-hydroxylation sites is 1. The first kappa shape index (κ1) is 14.1. The molecule has 0 unspecified atom stereocenters. The predicted molar refractivity (Wildman–Crippen MR) is 80.5 cm³/mol. The van der Waals surface area contributed by atoms with Gasteiger partial charge >= 0.3 is 0 Å². The van der Waals surface area contributed by atoms with Crippen LogP contribution in [-0.2, 0) is 4.79 Å². The van der Waals surface area contributed by atoms with Crippen LogP contribution in [0.25, 0.3) is 0 Å². The van der Waals surface area contributed by atoms with Crippen LogP contribution in [0.5, 0.6) is 0 Å². The number of rotatable bonds is 7. The van der Waals surface area contributed by atoms with Crippen molar-refractivity contribution in [2.24, 2.45) is 5.41 Å². The van der Waals surface area contributed by atoms with E-state index in [4.69, 9.17) is 0 Å². The quantitative estimate of drug-likeness (QED) is 0.688. The molecule has 0 aromatic heterocycles. The molecule has 0 radical (unpaired) electrons. The van der Waals surface area contributed by atoms with Crippen molar-refractivity contribution in [2.75, 3.05) is 18.0 Å². The van der Waals surface area contributed by atoms with Crippen molar-refractivity contribution in [3.05, 3.63) is 30.3 Å². The number of benzene rings is 1. The third kappa shape index (κ3) is 3.59. The van der Waals surface area contributed by atoms with Crippen LogP contribution in [0.15, 0.2) is 30.3 Å². The second kappa shape index (κ2) is 6.74. The van der Waals surface area contributed by atoms with E-state index >= 15 is 0 Å². The zero-order valence-corrected chi connectivity index (χ0v) is 12.0. The van der Waals surface area contributed by atoms with Crippen LogP contribution in [0, 0.1) is 5.41 Å². The summed E-state index contributed by atoms with van der Waals surface area (Å²) in [5.41, 5.74) is 1.16. The van der Waals surface area contributed by atoms with Gasteiger partial charge in [-0.05, 0) is 31.4 Å². The molecule has 2 heteroatoms. The lowest BCUT2D eigenvalue weighted by atomic mass is 9.87. The molecule has 2 nitrogen and oxygen atoms in total. The average molecular weight is 259 g/mol. The van der Waals surface area contributed by atoms with Crippen LogP contribution in [0.2, 0.25) is 0 Å². The molecule has 0 spiro atoms. The Kier molecular flexibility index (Phi) is 5.00. The van der Waals surface area contributed by atoms with E-state index in [9.17, 15) is 4.79 Å². The van der Waals surface area contributed by atoms with Gasteiger partial charge in [-0.25, -0.2) is 0 Å². The zero-order chi connectivity index (χ0) is 13.6. The van der Waals surface area contributed by atoms with Crippen molar-refractivity contribution < 1.29 is 4.79 Å². The molecule has 0 N–H and O–H groups in total. The second-order valence-electron chi connectivity index (χ2n) is 5.80. The highest BCUT2D eigenvalue weighted by Crippen LogP contribution is 2.37. The first-order chi connectivity index (χ1) is 9.29. The van der Waals surface area contributed by atoms with Crippen molar-refractivity contribution in [3.8, 4) is 0 Å². The van der Waals surface area contributed by atoms with Gasteiger partial charge in [-0.15, -0.1) is 0 Å². The van der Waals surface area contributed by atoms with Gasteiger partial charge in [0.15, 0.2) is 0 Å². The fourth-order valence-electron chi connectivity index (χ4n) is 3.06. The number of carbonyl (C=O) groups excluding carboxylic acids is 1. The van der Waals surface area contributed by atoms with Crippen LogP contribution in [-0.4, -0.2) is 19.4 Å². The first-order valence-corrected chi connectivity index (χ1v) is 7.56. The summed E-state index contributed by atoms with van der Waals surface area (Å²) in [6.45, 7) is 4.16. The molecule has 1 saturated carbocycles. The van der Waals surface area contributed by atoms with Crippen LogP contribution >= 0.6 is 0 Å². The SMILES string of the molecule is CCCCN(CC1(C=O)CCCC1)c1ccccc1. The summed E-state index contributed by atoms with van der Waals surface area (Å²) in [6.07, 6.45) is 8.13. The summed E-state index contributed by atoms with van der Waals surface area (Å²) in [5.74, 6) is 0. The Morgan fingerprint density at radius 2 is 1.89 bits per heavy atom. The van der Waals surface area contributed by atoms with E-state index in [0.717, 1.165) is 25.9 Å². The standard InChI is InChI=1S/C17H25NO/c1-2-3-13-18(16-9-5-4-6-10-16)14-17(15-19)11-7-8-12-17/h4-6,9-10,15H,2-3,7-8,11-14H2,1H3. The van der Waals surface area contributed by atoms with Crippen molar-refractivity contribution in [3.63, 3.8) is 0 Å². The summed E-state index contributed by atoms with van der Waals surface area (Å²) in [5, 5.41) is 0. The van der Waals surface area contributed by atoms with Crippen molar-refractivity contribution >= 4 is 12.0 Å². The molecule has 0 saturated heterocycles. The number of carbonyl (C=O) groups is 1. The normalized spacial score (nSPS) is 17.3. The number of aldehydes is 1. The molecule has 19 heavy (non-hydrogen) atoms. The van der Waals surface area contributed by atoms with Gasteiger partial charge in [0, 0.05) is 24.2 Å². The molecule has 104 valence electrons. The topological polar surface area (TPSA) is 20.3 Å². The Morgan fingerprint density at radius 3 is 2.47 bits per heavy atom. The maximum Gasteiger partial charge on any atom is 0.127 e. The lowest BCUT2D eigenvalue weighted by molar-refractivity contribution is -0.115. The molecule has 1 aliphatic rings. The first-order valence-electron chi connectivity index (χ1n) is 7.56. The molecule has 0 atom stereocenters. The van der Waals surface area contributed by atoms with Crippen LogP contribution in [0.1, 0.15) is 45.4 Å². The minimum atomic E-state index is -0.0937. The summed E-state index contributed by atoms with van der Waals surface area (Å²) in [6, 6.07) is 10.5. The number of anilines is 1. The number of nitrogens with zero attached hydrogens (tertiary/aromatic N) is 1. The molecule has 0 bridgehead atoms. The average Bonchev–Trinajstić information content (AvgIpc) is 2.93. The molecule has 1 fully saturated rings. The Bertz CT molecular complexity index is 382. The monoisotopic (exact) mass is 259 g/mol. The summed E-state index contributed by atoms with van der Waals surface area (Å²) < 4.78 is 0. The van der Waals surface area contributed by atoms with Crippen LogP contribution in [0.4, 0.5) is 5.69 Å². The van der Waals surface area contributed by atoms with Gasteiger partial charge in [0.25, 0.3) is 0 Å². The fraction of sp³-hybridized carbons (Fsp3) is 0.588. The smallest absolute Gasteiger partial charge is 0.127 e. The number of unbranched alkanes of at least 4 members (excludes halogenated alkanes) is 1. The third-order valence-corrected chi connectivity index (χ3v) is 4.26. The van der Waals surface area contributed by atoms with Crippen molar-refractivity contribution in [2.45, 2.75) is 45.4 Å². The maximum absolute atomic E-state index is 11.5. The minimum absolute atomic E-state index is 0.0937. The van der Waals surface area contributed by atoms with E-state index in [-0.39, 0.29) is 5.41 Å². The summed E-state index contributed by atoms with van der Waals surface area (Å²) >= 11 is 0. The van der Waals surface area contributed by atoms with Crippen LogP contribution in [0.3, 0.4) is 0 Å². The minimum Gasteiger partial charge on any atom is -0.371 e. The summed E-state index contributed by atoms with van der Waals surface area (Å²) in [7, 11) is 0. The van der Waals surface area contributed by atoms with E-state index in [1.807, 2.05) is 6.07 Å². The van der Waals surface area contributed by atoms with E-state index in [1.165, 1.54) is 37.7 Å². The third-order valence-electron chi connectivity index (χ3n) is 4.26. The van der Waals surface area contributed by atoms with E-state index in [0.29, 0.717) is 0 Å². The van der Waals surface area contributed by atoms with Crippen molar-refractivity contribution in [1.82, 2.24) is 0 Å². The molecule has 0 amide bonds. The van der Waals surface area contributed by atoms with Gasteiger partial charge < -0.3 is 9.69 Å². The largest absolute Gasteiger partial charge is 0.371 e. The molecule has 0 heterocycles. The van der Waals surface area contributed by atoms with Gasteiger partial charge in [0.2, 0.25) is 0 Å². The van der Waals surface area contributed by atoms with Gasteiger partial charge in [-0.1, -0.05) is 44.4 Å². The number of hydrogen-bond acceptors (Lipinski definition) is 2. The van der Waals surface area contributed by atoms with E-state index < -0.39 is 0 Å². The molecule has 1 aliphatic carbocycles. The highest BCUT2D eigenvalue weighted by Gasteiger charge is 2.35. The highest BCUT2D eigenvalue weighted by atomic mass is 16.1. The maximum atomic E-state index is 11.5. The van der Waals surface area contributed by atoms with Crippen molar-refractivity contribution in [1.29, 1.82) is 0 Å². The zero-order valence-electron chi connectivity index (χ0n) is 12.0. The molecule has 2 rings (SSSR count). The molecular formula is C17H25NO. The fourth-order valence-corrected chi connectivity index (χ4v) is 3.06. The number of hydrogen-bond donors (Lipinski definition) is 0. The Labute approximate surface area is 116 Å². The van der Waals surface area contributed by atoms with Crippen LogP contribution < -0.4 is 4.90 Å². The Hall–Kier alpha value is -1.31.